The fourth-order valence-electron chi connectivity index (χ4n) is 2.72. The van der Waals surface area contributed by atoms with Gasteiger partial charge < -0.3 is 10.2 Å². The number of likely N-dealkylation sites (N-methyl/N-ethyl adjacent to an activating group) is 1. The number of rotatable bonds is 7. The molecule has 0 aliphatic carbocycles. The molecule has 1 aromatic carbocycles. The number of carbonyl (C=O) groups is 1. The predicted octanol–water partition coefficient (Wildman–Crippen LogP) is 3.32. The first-order chi connectivity index (χ1) is 11.8. The molecule has 1 N–H and O–H groups in total. The molecule has 25 heavy (non-hydrogen) atoms. The number of aromatic nitrogens is 2. The molecule has 0 saturated carbocycles. The van der Waals surface area contributed by atoms with Gasteiger partial charge in [-0.3, -0.25) is 4.79 Å². The lowest BCUT2D eigenvalue weighted by Gasteiger charge is -2.11. The SMILES string of the molecule is Cc1c(C(=O)NCCN(C)C)c(CC(C)C)nn1-c1ccccc1Cl. The lowest BCUT2D eigenvalue weighted by atomic mass is 10.0. The van der Waals surface area contributed by atoms with Crippen molar-refractivity contribution in [1.29, 1.82) is 0 Å². The van der Waals surface area contributed by atoms with E-state index in [9.17, 15) is 4.79 Å². The van der Waals surface area contributed by atoms with Crippen LogP contribution in [-0.2, 0) is 6.42 Å². The molecule has 2 aromatic rings. The van der Waals surface area contributed by atoms with Crippen LogP contribution in [-0.4, -0.2) is 47.8 Å². The highest BCUT2D eigenvalue weighted by Crippen LogP contribution is 2.25. The highest BCUT2D eigenvalue weighted by molar-refractivity contribution is 6.32. The van der Waals surface area contributed by atoms with Gasteiger partial charge in [-0.05, 0) is 45.5 Å². The van der Waals surface area contributed by atoms with Gasteiger partial charge >= 0.3 is 0 Å². The van der Waals surface area contributed by atoms with Crippen LogP contribution >= 0.6 is 11.6 Å². The first kappa shape index (κ1) is 19.5. The zero-order valence-electron chi connectivity index (χ0n) is 15.6. The number of hydrogen-bond donors (Lipinski definition) is 1. The van der Waals surface area contributed by atoms with E-state index in [0.717, 1.165) is 30.0 Å². The van der Waals surface area contributed by atoms with E-state index in [1.165, 1.54) is 0 Å². The molecule has 5 nitrogen and oxygen atoms in total. The van der Waals surface area contributed by atoms with E-state index < -0.39 is 0 Å². The summed E-state index contributed by atoms with van der Waals surface area (Å²) < 4.78 is 1.78. The first-order valence-corrected chi connectivity index (χ1v) is 8.95. The lowest BCUT2D eigenvalue weighted by Crippen LogP contribution is -2.32. The maximum Gasteiger partial charge on any atom is 0.255 e. The van der Waals surface area contributed by atoms with Crippen molar-refractivity contribution in [3.63, 3.8) is 0 Å². The van der Waals surface area contributed by atoms with Crippen LogP contribution in [0.1, 0.15) is 35.6 Å². The second kappa shape index (κ2) is 8.50. The minimum atomic E-state index is -0.0756. The molecule has 6 heteroatoms. The Kier molecular flexibility index (Phi) is 6.62. The van der Waals surface area contributed by atoms with Crippen LogP contribution in [0.4, 0.5) is 0 Å². The van der Waals surface area contributed by atoms with Crippen molar-refractivity contribution in [2.75, 3.05) is 27.2 Å². The van der Waals surface area contributed by atoms with Gasteiger partial charge in [0.05, 0.1) is 27.7 Å². The van der Waals surface area contributed by atoms with E-state index in [-0.39, 0.29) is 5.91 Å². The highest BCUT2D eigenvalue weighted by atomic mass is 35.5. The first-order valence-electron chi connectivity index (χ1n) is 8.57. The standard InChI is InChI=1S/C19H27ClN4O/c1-13(2)12-16-18(19(25)21-10-11-23(4)5)14(3)24(22-16)17-9-7-6-8-15(17)20/h6-9,13H,10-12H2,1-5H3,(H,21,25). The van der Waals surface area contributed by atoms with Crippen molar-refractivity contribution in [3.8, 4) is 5.69 Å². The Morgan fingerprint density at radius 2 is 2.00 bits per heavy atom. The Morgan fingerprint density at radius 1 is 1.32 bits per heavy atom. The fraction of sp³-hybridized carbons (Fsp3) is 0.474. The molecule has 0 unspecified atom stereocenters. The van der Waals surface area contributed by atoms with E-state index in [1.807, 2.05) is 50.2 Å². The molecule has 0 atom stereocenters. The van der Waals surface area contributed by atoms with Crippen molar-refractivity contribution in [2.24, 2.45) is 5.92 Å². The summed E-state index contributed by atoms with van der Waals surface area (Å²) >= 11 is 6.33. The van der Waals surface area contributed by atoms with E-state index in [0.29, 0.717) is 23.0 Å². The summed E-state index contributed by atoms with van der Waals surface area (Å²) in [6.45, 7) is 7.56. The van der Waals surface area contributed by atoms with Gasteiger partial charge in [0.1, 0.15) is 0 Å². The van der Waals surface area contributed by atoms with Crippen molar-refractivity contribution in [1.82, 2.24) is 20.0 Å². The number of carbonyl (C=O) groups excluding carboxylic acids is 1. The van der Waals surface area contributed by atoms with Crippen LogP contribution in [0.2, 0.25) is 5.02 Å². The summed E-state index contributed by atoms with van der Waals surface area (Å²) in [6, 6.07) is 7.54. The van der Waals surface area contributed by atoms with Gasteiger partial charge in [-0.25, -0.2) is 4.68 Å². The van der Waals surface area contributed by atoms with Crippen LogP contribution in [0.15, 0.2) is 24.3 Å². The average Bonchev–Trinajstić information content (AvgIpc) is 2.83. The predicted molar refractivity (Wildman–Crippen MR) is 103 cm³/mol. The molecular weight excluding hydrogens is 336 g/mol. The van der Waals surface area contributed by atoms with Gasteiger partial charge in [0.15, 0.2) is 0 Å². The van der Waals surface area contributed by atoms with Crippen molar-refractivity contribution >= 4 is 17.5 Å². The number of halogens is 1. The van der Waals surface area contributed by atoms with Crippen LogP contribution in [0.25, 0.3) is 5.69 Å². The summed E-state index contributed by atoms with van der Waals surface area (Å²) in [6.07, 6.45) is 0.745. The summed E-state index contributed by atoms with van der Waals surface area (Å²) in [4.78, 5) is 14.8. The van der Waals surface area contributed by atoms with Crippen LogP contribution in [0, 0.1) is 12.8 Å². The van der Waals surface area contributed by atoms with E-state index in [2.05, 4.69) is 19.2 Å². The van der Waals surface area contributed by atoms with E-state index >= 15 is 0 Å². The number of amides is 1. The number of benzene rings is 1. The largest absolute Gasteiger partial charge is 0.351 e. The summed E-state index contributed by atoms with van der Waals surface area (Å²) in [5, 5.41) is 8.32. The van der Waals surface area contributed by atoms with Crippen LogP contribution < -0.4 is 5.32 Å². The second-order valence-electron chi connectivity index (χ2n) is 6.93. The molecule has 0 spiro atoms. The third kappa shape index (κ3) is 4.83. The van der Waals surface area contributed by atoms with Crippen molar-refractivity contribution in [2.45, 2.75) is 27.2 Å². The number of hydrogen-bond acceptors (Lipinski definition) is 3. The summed E-state index contributed by atoms with van der Waals surface area (Å²) in [7, 11) is 3.97. The third-order valence-corrected chi connectivity index (χ3v) is 4.26. The molecule has 0 fully saturated rings. The van der Waals surface area contributed by atoms with Gasteiger partial charge in [0.2, 0.25) is 0 Å². The van der Waals surface area contributed by atoms with Crippen LogP contribution in [0.5, 0.6) is 0 Å². The number of nitrogens with one attached hydrogen (secondary N) is 1. The third-order valence-electron chi connectivity index (χ3n) is 3.94. The zero-order chi connectivity index (χ0) is 18.6. The Bertz CT molecular complexity index is 737. The molecule has 0 radical (unpaired) electrons. The Balaban J connectivity index is 2.40. The van der Waals surface area contributed by atoms with Crippen molar-refractivity contribution < 1.29 is 4.79 Å². The quantitative estimate of drug-likeness (QED) is 0.822. The Labute approximate surface area is 155 Å². The fourth-order valence-corrected chi connectivity index (χ4v) is 2.94. The van der Waals surface area contributed by atoms with Gasteiger partial charge in [0, 0.05) is 13.1 Å². The smallest absolute Gasteiger partial charge is 0.255 e. The molecule has 0 aliphatic rings. The topological polar surface area (TPSA) is 50.2 Å². The molecule has 0 bridgehead atoms. The van der Waals surface area contributed by atoms with Gasteiger partial charge in [0.25, 0.3) is 5.91 Å². The monoisotopic (exact) mass is 362 g/mol. The Morgan fingerprint density at radius 3 is 2.60 bits per heavy atom. The highest BCUT2D eigenvalue weighted by Gasteiger charge is 2.23. The lowest BCUT2D eigenvalue weighted by molar-refractivity contribution is 0.0949. The second-order valence-corrected chi connectivity index (χ2v) is 7.33. The normalized spacial score (nSPS) is 11.4. The maximum absolute atomic E-state index is 12.8. The summed E-state index contributed by atoms with van der Waals surface area (Å²) in [5.41, 5.74) is 3.08. The Hall–Kier alpha value is -1.85. The molecule has 0 saturated heterocycles. The van der Waals surface area contributed by atoms with Crippen LogP contribution in [0.3, 0.4) is 0 Å². The summed E-state index contributed by atoms with van der Waals surface area (Å²) in [5.74, 6) is 0.329. The van der Waals surface area contributed by atoms with Gasteiger partial charge in [-0.1, -0.05) is 37.6 Å². The number of nitrogens with zero attached hydrogens (tertiary/aromatic N) is 3. The average molecular weight is 363 g/mol. The van der Waals surface area contributed by atoms with Gasteiger partial charge in [-0.15, -0.1) is 0 Å². The number of para-hydroxylation sites is 1. The maximum atomic E-state index is 12.8. The van der Waals surface area contributed by atoms with E-state index in [4.69, 9.17) is 16.7 Å². The molecule has 136 valence electrons. The molecule has 1 heterocycles. The molecular formula is C19H27ClN4O. The van der Waals surface area contributed by atoms with Gasteiger partial charge in [-0.2, -0.15) is 5.10 Å². The molecule has 1 amide bonds. The van der Waals surface area contributed by atoms with E-state index in [1.54, 1.807) is 4.68 Å². The molecule has 1 aromatic heterocycles. The zero-order valence-corrected chi connectivity index (χ0v) is 16.4. The minimum Gasteiger partial charge on any atom is -0.351 e. The van der Waals surface area contributed by atoms with Crippen molar-refractivity contribution in [3.05, 3.63) is 46.2 Å². The molecule has 2 rings (SSSR count). The minimum absolute atomic E-state index is 0.0756. The molecule has 0 aliphatic heterocycles.